The Morgan fingerprint density at radius 3 is 2.50 bits per heavy atom. The van der Waals surface area contributed by atoms with Crippen LogP contribution in [0.15, 0.2) is 45.8 Å². The van der Waals surface area contributed by atoms with Gasteiger partial charge in [-0.05, 0) is 55.7 Å². The zero-order valence-electron chi connectivity index (χ0n) is 15.2. The SMILES string of the molecule is COc1ccc(S(=O)(=O)Nc2ccc(Br)cc2F)cc1C(=O)N1CCCCC1. The van der Waals surface area contributed by atoms with Gasteiger partial charge in [-0.3, -0.25) is 9.52 Å². The molecule has 1 N–H and O–H groups in total. The first-order valence-electron chi connectivity index (χ1n) is 8.77. The van der Waals surface area contributed by atoms with Crippen molar-refractivity contribution >= 4 is 37.5 Å². The molecule has 0 radical (unpaired) electrons. The van der Waals surface area contributed by atoms with Crippen molar-refractivity contribution in [3.8, 4) is 5.75 Å². The Morgan fingerprint density at radius 2 is 1.86 bits per heavy atom. The molecule has 1 saturated heterocycles. The van der Waals surface area contributed by atoms with E-state index in [1.54, 1.807) is 4.90 Å². The van der Waals surface area contributed by atoms with Crippen LogP contribution < -0.4 is 9.46 Å². The minimum atomic E-state index is -4.09. The molecule has 0 unspecified atom stereocenters. The molecule has 0 spiro atoms. The number of amides is 1. The van der Waals surface area contributed by atoms with E-state index in [9.17, 15) is 17.6 Å². The Bertz CT molecular complexity index is 991. The predicted molar refractivity (Wildman–Crippen MR) is 108 cm³/mol. The number of hydrogen-bond acceptors (Lipinski definition) is 4. The number of carbonyl (C=O) groups is 1. The highest BCUT2D eigenvalue weighted by atomic mass is 79.9. The van der Waals surface area contributed by atoms with Crippen LogP contribution in [0.1, 0.15) is 29.6 Å². The van der Waals surface area contributed by atoms with E-state index < -0.39 is 15.8 Å². The largest absolute Gasteiger partial charge is 0.496 e. The number of sulfonamides is 1. The summed E-state index contributed by atoms with van der Waals surface area (Å²) in [6.45, 7) is 1.25. The van der Waals surface area contributed by atoms with E-state index in [0.29, 0.717) is 23.3 Å². The summed E-state index contributed by atoms with van der Waals surface area (Å²) >= 11 is 3.13. The molecular weight excluding hydrogens is 451 g/mol. The second kappa shape index (κ2) is 8.48. The Labute approximate surface area is 171 Å². The Morgan fingerprint density at radius 1 is 1.14 bits per heavy atom. The molecule has 0 saturated carbocycles. The molecule has 1 aliphatic rings. The van der Waals surface area contributed by atoms with Gasteiger partial charge >= 0.3 is 0 Å². The van der Waals surface area contributed by atoms with Crippen LogP contribution in [-0.4, -0.2) is 39.4 Å². The van der Waals surface area contributed by atoms with Crippen molar-refractivity contribution in [2.75, 3.05) is 24.9 Å². The summed E-state index contributed by atoms with van der Waals surface area (Å²) in [6, 6.07) is 8.04. The second-order valence-electron chi connectivity index (χ2n) is 6.44. The summed E-state index contributed by atoms with van der Waals surface area (Å²) in [6.07, 6.45) is 2.89. The van der Waals surface area contributed by atoms with Crippen LogP contribution in [0, 0.1) is 5.82 Å². The van der Waals surface area contributed by atoms with E-state index in [1.807, 2.05) is 0 Å². The van der Waals surface area contributed by atoms with Crippen LogP contribution in [0.2, 0.25) is 0 Å². The first kappa shape index (κ1) is 20.6. The predicted octanol–water partition coefficient (Wildman–Crippen LogP) is 4.02. The lowest BCUT2D eigenvalue weighted by molar-refractivity contribution is 0.0720. The lowest BCUT2D eigenvalue weighted by Gasteiger charge is -2.27. The minimum Gasteiger partial charge on any atom is -0.496 e. The molecule has 3 rings (SSSR count). The highest BCUT2D eigenvalue weighted by molar-refractivity contribution is 9.10. The molecule has 2 aromatic carbocycles. The third-order valence-electron chi connectivity index (χ3n) is 4.53. The molecule has 0 aromatic heterocycles. The number of hydrogen-bond donors (Lipinski definition) is 1. The highest BCUT2D eigenvalue weighted by Crippen LogP contribution is 2.27. The fourth-order valence-electron chi connectivity index (χ4n) is 3.06. The maximum absolute atomic E-state index is 14.0. The Balaban J connectivity index is 1.94. The van der Waals surface area contributed by atoms with Gasteiger partial charge in [0, 0.05) is 17.6 Å². The van der Waals surface area contributed by atoms with Gasteiger partial charge in [0.05, 0.1) is 23.3 Å². The molecule has 28 heavy (non-hydrogen) atoms. The van der Waals surface area contributed by atoms with Crippen molar-refractivity contribution in [2.24, 2.45) is 0 Å². The molecule has 6 nitrogen and oxygen atoms in total. The molecule has 9 heteroatoms. The monoisotopic (exact) mass is 470 g/mol. The van der Waals surface area contributed by atoms with Gasteiger partial charge in [0.2, 0.25) is 0 Å². The number of halogens is 2. The number of rotatable bonds is 5. The molecule has 1 amide bonds. The first-order valence-corrected chi connectivity index (χ1v) is 11.0. The summed E-state index contributed by atoms with van der Waals surface area (Å²) in [5.41, 5.74) is -0.00789. The lowest BCUT2D eigenvalue weighted by atomic mass is 10.1. The molecule has 150 valence electrons. The van der Waals surface area contributed by atoms with Crippen molar-refractivity contribution in [2.45, 2.75) is 24.2 Å². The maximum Gasteiger partial charge on any atom is 0.262 e. The molecule has 1 aliphatic heterocycles. The highest BCUT2D eigenvalue weighted by Gasteiger charge is 2.25. The quantitative estimate of drug-likeness (QED) is 0.715. The van der Waals surface area contributed by atoms with Crippen molar-refractivity contribution in [1.29, 1.82) is 0 Å². The molecular formula is C19H20BrFN2O4S. The fraction of sp³-hybridized carbons (Fsp3) is 0.316. The van der Waals surface area contributed by atoms with E-state index >= 15 is 0 Å². The normalized spacial score (nSPS) is 14.6. The average Bonchev–Trinajstić information content (AvgIpc) is 2.69. The van der Waals surface area contributed by atoms with Crippen LogP contribution in [0.4, 0.5) is 10.1 Å². The first-order chi connectivity index (χ1) is 13.3. The van der Waals surface area contributed by atoms with Gasteiger partial charge in [-0.2, -0.15) is 0 Å². The summed E-state index contributed by atoms with van der Waals surface area (Å²) < 4.78 is 47.5. The number of nitrogens with one attached hydrogen (secondary N) is 1. The zero-order chi connectivity index (χ0) is 20.3. The third kappa shape index (κ3) is 4.47. The number of methoxy groups -OCH3 is 1. The second-order valence-corrected chi connectivity index (χ2v) is 9.04. The topological polar surface area (TPSA) is 75.7 Å². The Hall–Kier alpha value is -2.13. The Kier molecular flexibility index (Phi) is 6.24. The van der Waals surface area contributed by atoms with Crippen LogP contribution in [0.5, 0.6) is 5.75 Å². The van der Waals surface area contributed by atoms with Gasteiger partial charge in [0.15, 0.2) is 0 Å². The number of piperidine rings is 1. The number of anilines is 1. The summed E-state index contributed by atoms with van der Waals surface area (Å²) in [5.74, 6) is -0.691. The van der Waals surface area contributed by atoms with E-state index in [1.165, 1.54) is 37.4 Å². The van der Waals surface area contributed by atoms with Gasteiger partial charge < -0.3 is 9.64 Å². The smallest absolute Gasteiger partial charge is 0.262 e. The standard InChI is InChI=1S/C19H20BrFN2O4S/c1-27-18-8-6-14(12-15(18)19(24)23-9-3-2-4-10-23)28(25,26)22-17-7-5-13(20)11-16(17)21/h5-8,11-12,22H,2-4,9-10H2,1H3. The van der Waals surface area contributed by atoms with Gasteiger partial charge in [-0.25, -0.2) is 12.8 Å². The summed E-state index contributed by atoms with van der Waals surface area (Å²) in [5, 5.41) is 0. The average molecular weight is 471 g/mol. The van der Waals surface area contributed by atoms with Crippen LogP contribution in [-0.2, 0) is 10.0 Å². The van der Waals surface area contributed by atoms with E-state index in [4.69, 9.17) is 4.74 Å². The number of benzene rings is 2. The van der Waals surface area contributed by atoms with Crippen LogP contribution >= 0.6 is 15.9 Å². The van der Waals surface area contributed by atoms with Crippen molar-refractivity contribution in [3.05, 3.63) is 52.3 Å². The van der Waals surface area contributed by atoms with E-state index in [-0.39, 0.29) is 22.1 Å². The third-order valence-corrected chi connectivity index (χ3v) is 6.39. The lowest BCUT2D eigenvalue weighted by Crippen LogP contribution is -2.35. The van der Waals surface area contributed by atoms with E-state index in [2.05, 4.69) is 20.7 Å². The maximum atomic E-state index is 14.0. The van der Waals surface area contributed by atoms with Crippen molar-refractivity contribution < 1.29 is 22.3 Å². The zero-order valence-corrected chi connectivity index (χ0v) is 17.6. The van der Waals surface area contributed by atoms with Crippen LogP contribution in [0.3, 0.4) is 0 Å². The number of likely N-dealkylation sites (tertiary alicyclic amines) is 1. The number of carbonyl (C=O) groups excluding carboxylic acids is 1. The van der Waals surface area contributed by atoms with Gasteiger partial charge in [0.25, 0.3) is 15.9 Å². The van der Waals surface area contributed by atoms with E-state index in [0.717, 1.165) is 25.3 Å². The summed E-state index contributed by atoms with van der Waals surface area (Å²) in [4.78, 5) is 14.4. The van der Waals surface area contributed by atoms with Gasteiger partial charge in [0.1, 0.15) is 11.6 Å². The number of nitrogens with zero attached hydrogens (tertiary/aromatic N) is 1. The van der Waals surface area contributed by atoms with Gasteiger partial charge in [-0.15, -0.1) is 0 Å². The van der Waals surface area contributed by atoms with Crippen molar-refractivity contribution in [3.63, 3.8) is 0 Å². The molecule has 0 bridgehead atoms. The molecule has 0 aliphatic carbocycles. The summed E-state index contributed by atoms with van der Waals surface area (Å²) in [7, 11) is -2.67. The van der Waals surface area contributed by atoms with Crippen molar-refractivity contribution in [1.82, 2.24) is 4.90 Å². The number of ether oxygens (including phenoxy) is 1. The van der Waals surface area contributed by atoms with Gasteiger partial charge in [-0.1, -0.05) is 15.9 Å². The molecule has 1 fully saturated rings. The fourth-order valence-corrected chi connectivity index (χ4v) is 4.49. The molecule has 1 heterocycles. The minimum absolute atomic E-state index is 0.143. The van der Waals surface area contributed by atoms with Crippen LogP contribution in [0.25, 0.3) is 0 Å². The molecule has 2 aromatic rings. The molecule has 0 atom stereocenters.